The van der Waals surface area contributed by atoms with Crippen LogP contribution in [-0.2, 0) is 26.2 Å². The van der Waals surface area contributed by atoms with Crippen molar-refractivity contribution in [3.63, 3.8) is 0 Å². The highest BCUT2D eigenvalue weighted by Gasteiger charge is 2.15. The van der Waals surface area contributed by atoms with Gasteiger partial charge in [-0.05, 0) is 43.3 Å². The number of sulfonamides is 1. The molecule has 0 aliphatic rings. The molecule has 30 heavy (non-hydrogen) atoms. The molecule has 0 amide bonds. The fourth-order valence-electron chi connectivity index (χ4n) is 2.72. The minimum absolute atomic E-state index is 0.0405. The molecular formula is C21H21ClN2O5S. The summed E-state index contributed by atoms with van der Waals surface area (Å²) in [4.78, 5) is 16.4. The number of halogens is 1. The van der Waals surface area contributed by atoms with Crippen molar-refractivity contribution in [3.05, 3.63) is 65.3 Å². The summed E-state index contributed by atoms with van der Waals surface area (Å²) in [6.07, 6.45) is -0.116. The van der Waals surface area contributed by atoms with Gasteiger partial charge >= 0.3 is 5.97 Å². The first-order valence-electron chi connectivity index (χ1n) is 9.31. The third kappa shape index (κ3) is 5.69. The van der Waals surface area contributed by atoms with Gasteiger partial charge in [-0.15, -0.1) is 0 Å². The number of hydrogen-bond acceptors (Lipinski definition) is 6. The molecule has 0 aliphatic heterocycles. The van der Waals surface area contributed by atoms with Crippen LogP contribution in [-0.4, -0.2) is 32.5 Å². The Morgan fingerprint density at radius 1 is 1.13 bits per heavy atom. The Kier molecular flexibility index (Phi) is 7.25. The average Bonchev–Trinajstić information content (AvgIpc) is 2.73. The number of nitrogens with zero attached hydrogens (tertiary/aromatic N) is 1. The molecule has 0 saturated heterocycles. The maximum Gasteiger partial charge on any atom is 0.307 e. The number of ether oxygens (including phenoxy) is 2. The van der Waals surface area contributed by atoms with Crippen molar-refractivity contribution in [3.8, 4) is 5.75 Å². The van der Waals surface area contributed by atoms with Crippen molar-refractivity contribution in [1.82, 2.24) is 9.71 Å². The molecule has 1 heterocycles. The van der Waals surface area contributed by atoms with Gasteiger partial charge in [0.15, 0.2) is 0 Å². The van der Waals surface area contributed by atoms with Gasteiger partial charge in [-0.2, -0.15) is 0 Å². The first-order valence-corrected chi connectivity index (χ1v) is 11.2. The van der Waals surface area contributed by atoms with Crippen LogP contribution in [0.2, 0.25) is 5.15 Å². The topological polar surface area (TPSA) is 94.6 Å². The van der Waals surface area contributed by atoms with Crippen molar-refractivity contribution in [2.24, 2.45) is 0 Å². The van der Waals surface area contributed by atoms with E-state index in [0.29, 0.717) is 17.9 Å². The molecule has 3 rings (SSSR count). The van der Waals surface area contributed by atoms with Crippen molar-refractivity contribution >= 4 is 38.5 Å². The van der Waals surface area contributed by atoms with Crippen molar-refractivity contribution in [2.75, 3.05) is 13.2 Å². The second-order valence-corrected chi connectivity index (χ2v) is 8.47. The second kappa shape index (κ2) is 9.88. The van der Waals surface area contributed by atoms with E-state index >= 15 is 0 Å². The third-order valence-corrected chi connectivity index (χ3v) is 6.01. The lowest BCUT2D eigenvalue weighted by Gasteiger charge is -2.09. The average molecular weight is 449 g/mol. The maximum atomic E-state index is 12.3. The molecule has 9 heteroatoms. The van der Waals surface area contributed by atoms with Crippen molar-refractivity contribution in [2.45, 2.75) is 24.8 Å². The number of para-hydroxylation sites is 1. The molecule has 1 aromatic heterocycles. The van der Waals surface area contributed by atoms with E-state index in [9.17, 15) is 13.2 Å². The number of hydrogen-bond donors (Lipinski definition) is 1. The van der Waals surface area contributed by atoms with E-state index in [1.165, 1.54) is 12.1 Å². The number of nitrogens with one attached hydrogen (secondary N) is 1. The largest absolute Gasteiger partial charge is 0.494 e. The lowest BCUT2D eigenvalue weighted by Crippen LogP contribution is -2.26. The number of fused-ring (bicyclic) bond motifs is 1. The smallest absolute Gasteiger partial charge is 0.307 e. The monoisotopic (exact) mass is 448 g/mol. The molecule has 0 atom stereocenters. The van der Waals surface area contributed by atoms with Crippen LogP contribution in [0.5, 0.6) is 5.75 Å². The van der Waals surface area contributed by atoms with E-state index in [1.54, 1.807) is 12.1 Å². The number of rotatable bonds is 9. The van der Waals surface area contributed by atoms with Gasteiger partial charge in [0.25, 0.3) is 0 Å². The van der Waals surface area contributed by atoms with Crippen LogP contribution in [0.1, 0.15) is 18.9 Å². The summed E-state index contributed by atoms with van der Waals surface area (Å²) in [7, 11) is -3.73. The van der Waals surface area contributed by atoms with Gasteiger partial charge in [-0.1, -0.05) is 29.8 Å². The fraction of sp³-hybridized carbons (Fsp3) is 0.238. The summed E-state index contributed by atoms with van der Waals surface area (Å²) >= 11 is 6.15. The Hall–Kier alpha value is -2.68. The number of esters is 1. The highest BCUT2D eigenvalue weighted by molar-refractivity contribution is 7.89. The van der Waals surface area contributed by atoms with Gasteiger partial charge in [0.1, 0.15) is 17.5 Å². The molecule has 3 aromatic rings. The number of carbonyl (C=O) groups is 1. The molecule has 0 spiro atoms. The molecule has 0 saturated carbocycles. The number of pyridine rings is 1. The minimum Gasteiger partial charge on any atom is -0.494 e. The summed E-state index contributed by atoms with van der Waals surface area (Å²) in [5.41, 5.74) is 1.33. The van der Waals surface area contributed by atoms with Crippen LogP contribution in [0.25, 0.3) is 10.9 Å². The summed E-state index contributed by atoms with van der Waals surface area (Å²) in [5, 5.41) is 1.15. The predicted molar refractivity (Wildman–Crippen MR) is 114 cm³/mol. The Bertz CT molecular complexity index is 1130. The molecule has 0 bridgehead atoms. The van der Waals surface area contributed by atoms with E-state index in [1.807, 2.05) is 37.3 Å². The van der Waals surface area contributed by atoms with Crippen LogP contribution >= 0.6 is 11.6 Å². The van der Waals surface area contributed by atoms with Gasteiger partial charge < -0.3 is 9.47 Å². The lowest BCUT2D eigenvalue weighted by molar-refractivity contribution is -0.144. The van der Waals surface area contributed by atoms with Gasteiger partial charge in [0.2, 0.25) is 10.0 Å². The van der Waals surface area contributed by atoms with Crippen LogP contribution in [0.4, 0.5) is 0 Å². The first kappa shape index (κ1) is 22.0. The molecule has 0 aliphatic carbocycles. The number of benzene rings is 2. The Labute approximate surface area is 180 Å². The third-order valence-electron chi connectivity index (χ3n) is 4.20. The van der Waals surface area contributed by atoms with Gasteiger partial charge in [-0.3, -0.25) is 4.79 Å². The van der Waals surface area contributed by atoms with Crippen LogP contribution in [0.3, 0.4) is 0 Å². The normalized spacial score (nSPS) is 11.4. The Balaban J connectivity index is 1.50. The first-order chi connectivity index (χ1) is 14.4. The molecular weight excluding hydrogens is 428 g/mol. The van der Waals surface area contributed by atoms with E-state index in [-0.39, 0.29) is 29.6 Å². The molecule has 0 fully saturated rings. The Morgan fingerprint density at radius 3 is 2.60 bits per heavy atom. The standard InChI is InChI=1S/C21H21ClN2O5S/c1-2-28-17-7-9-18(10-8-17)30(26,27)23-12-11-20(25)29-14-16-13-15-5-3-4-6-19(15)24-21(16)22/h3-10,13,23H,2,11-12,14H2,1H3. The molecule has 1 N–H and O–H groups in total. The highest BCUT2D eigenvalue weighted by atomic mass is 35.5. The number of carbonyl (C=O) groups excluding carboxylic acids is 1. The van der Waals surface area contributed by atoms with E-state index in [0.717, 1.165) is 10.9 Å². The zero-order chi connectivity index (χ0) is 21.6. The van der Waals surface area contributed by atoms with Crippen molar-refractivity contribution < 1.29 is 22.7 Å². The van der Waals surface area contributed by atoms with E-state index in [4.69, 9.17) is 21.1 Å². The molecule has 0 radical (unpaired) electrons. The van der Waals surface area contributed by atoms with E-state index < -0.39 is 16.0 Å². The number of aromatic nitrogens is 1. The van der Waals surface area contributed by atoms with Gasteiger partial charge in [0.05, 0.1) is 23.4 Å². The minimum atomic E-state index is -3.73. The molecule has 158 valence electrons. The summed E-state index contributed by atoms with van der Waals surface area (Å²) in [6, 6.07) is 15.3. The van der Waals surface area contributed by atoms with Crippen LogP contribution < -0.4 is 9.46 Å². The van der Waals surface area contributed by atoms with Crippen LogP contribution in [0, 0.1) is 0 Å². The zero-order valence-corrected chi connectivity index (χ0v) is 17.9. The zero-order valence-electron chi connectivity index (χ0n) is 16.3. The highest BCUT2D eigenvalue weighted by Crippen LogP contribution is 2.21. The predicted octanol–water partition coefficient (Wildman–Crippen LogP) is 3.70. The van der Waals surface area contributed by atoms with Gasteiger partial charge in [0, 0.05) is 17.5 Å². The quantitative estimate of drug-likeness (QED) is 0.396. The second-order valence-electron chi connectivity index (χ2n) is 6.34. The van der Waals surface area contributed by atoms with Gasteiger partial charge in [-0.25, -0.2) is 18.1 Å². The van der Waals surface area contributed by atoms with E-state index in [2.05, 4.69) is 9.71 Å². The molecule has 7 nitrogen and oxygen atoms in total. The van der Waals surface area contributed by atoms with Crippen LogP contribution in [0.15, 0.2) is 59.5 Å². The Morgan fingerprint density at radius 2 is 1.87 bits per heavy atom. The molecule has 0 unspecified atom stereocenters. The maximum absolute atomic E-state index is 12.3. The fourth-order valence-corrected chi connectivity index (χ4v) is 3.95. The summed E-state index contributed by atoms with van der Waals surface area (Å²) in [5.74, 6) is 0.0375. The van der Waals surface area contributed by atoms with Crippen molar-refractivity contribution in [1.29, 1.82) is 0 Å². The molecule has 2 aromatic carbocycles. The summed E-state index contributed by atoms with van der Waals surface area (Å²) < 4.78 is 37.5. The summed E-state index contributed by atoms with van der Waals surface area (Å²) in [6.45, 7) is 2.21. The SMILES string of the molecule is CCOc1ccc(S(=O)(=O)NCCC(=O)OCc2cc3ccccc3nc2Cl)cc1. The lowest BCUT2D eigenvalue weighted by atomic mass is 10.2.